The summed E-state index contributed by atoms with van der Waals surface area (Å²) in [5.41, 5.74) is 3.40. The maximum absolute atomic E-state index is 12.6. The average molecular weight is 339 g/mol. The fourth-order valence-corrected chi connectivity index (χ4v) is 3.66. The molecule has 1 fully saturated rings. The summed E-state index contributed by atoms with van der Waals surface area (Å²) in [4.78, 5) is 15.0. The van der Waals surface area contributed by atoms with E-state index in [9.17, 15) is 4.79 Å². The van der Waals surface area contributed by atoms with Gasteiger partial charge in [0.05, 0.1) is 11.4 Å². The van der Waals surface area contributed by atoms with Gasteiger partial charge in [-0.1, -0.05) is 85.5 Å². The van der Waals surface area contributed by atoms with Crippen molar-refractivity contribution in [1.29, 1.82) is 0 Å². The van der Waals surface area contributed by atoms with E-state index in [2.05, 4.69) is 19.1 Å². The van der Waals surface area contributed by atoms with Crippen LogP contribution in [0.3, 0.4) is 0 Å². The number of nitrogens with zero attached hydrogens (tertiary/aromatic N) is 1. The van der Waals surface area contributed by atoms with E-state index >= 15 is 0 Å². The second-order valence-corrected chi connectivity index (χ2v) is 7.02. The van der Waals surface area contributed by atoms with Crippen LogP contribution in [0, 0.1) is 0 Å². The summed E-state index contributed by atoms with van der Waals surface area (Å²) < 4.78 is 0.621. The van der Waals surface area contributed by atoms with Crippen LogP contribution in [-0.4, -0.2) is 15.1 Å². The van der Waals surface area contributed by atoms with Gasteiger partial charge in [-0.3, -0.25) is 9.69 Å². The molecular weight excluding hydrogens is 322 g/mol. The molecule has 23 heavy (non-hydrogen) atoms. The molecule has 1 heterocycles. The molecule has 0 aliphatic carbocycles. The summed E-state index contributed by atoms with van der Waals surface area (Å²) >= 11 is 6.75. The topological polar surface area (TPSA) is 20.3 Å². The van der Waals surface area contributed by atoms with Gasteiger partial charge in [-0.2, -0.15) is 0 Å². The van der Waals surface area contributed by atoms with E-state index in [0.717, 1.165) is 17.5 Å². The largest absolute Gasteiger partial charge is 0.288 e. The fraction of sp³-hybridized carbons (Fsp3) is 0.158. The Bertz CT molecular complexity index is 751. The highest BCUT2D eigenvalue weighted by Gasteiger charge is 2.31. The Kier molecular flexibility index (Phi) is 4.94. The van der Waals surface area contributed by atoms with Crippen LogP contribution in [0.15, 0.2) is 59.5 Å². The molecule has 116 valence electrons. The van der Waals surface area contributed by atoms with Gasteiger partial charge in [0.25, 0.3) is 5.91 Å². The second-order valence-electron chi connectivity index (χ2n) is 5.35. The van der Waals surface area contributed by atoms with Gasteiger partial charge in [0.1, 0.15) is 4.32 Å². The van der Waals surface area contributed by atoms with Gasteiger partial charge in [-0.15, -0.1) is 0 Å². The summed E-state index contributed by atoms with van der Waals surface area (Å²) in [6, 6.07) is 18.2. The lowest BCUT2D eigenvalue weighted by molar-refractivity contribution is -0.122. The molecule has 2 nitrogen and oxygen atoms in total. The zero-order chi connectivity index (χ0) is 16.2. The molecule has 2 aromatic carbocycles. The van der Waals surface area contributed by atoms with E-state index in [1.54, 1.807) is 4.90 Å². The fourth-order valence-electron chi connectivity index (χ4n) is 2.40. The van der Waals surface area contributed by atoms with Crippen LogP contribution in [-0.2, 0) is 17.8 Å². The molecule has 0 atom stereocenters. The van der Waals surface area contributed by atoms with Crippen LogP contribution < -0.4 is 0 Å². The summed E-state index contributed by atoms with van der Waals surface area (Å²) in [6.45, 7) is 2.65. The zero-order valence-electron chi connectivity index (χ0n) is 12.9. The molecule has 1 aliphatic heterocycles. The molecule has 1 saturated heterocycles. The lowest BCUT2D eigenvalue weighted by Crippen LogP contribution is -2.27. The predicted molar refractivity (Wildman–Crippen MR) is 101 cm³/mol. The number of thiocarbonyl (C=S) groups is 1. The van der Waals surface area contributed by atoms with Crippen LogP contribution in [0.5, 0.6) is 0 Å². The maximum Gasteiger partial charge on any atom is 0.266 e. The van der Waals surface area contributed by atoms with Gasteiger partial charge < -0.3 is 0 Å². The molecule has 0 spiro atoms. The Morgan fingerprint density at radius 2 is 1.74 bits per heavy atom. The second kappa shape index (κ2) is 7.11. The highest BCUT2D eigenvalue weighted by Crippen LogP contribution is 2.33. The van der Waals surface area contributed by atoms with Crippen molar-refractivity contribution in [2.24, 2.45) is 0 Å². The molecule has 1 amide bonds. The minimum absolute atomic E-state index is 0.0107. The number of rotatable bonds is 4. The number of amides is 1. The van der Waals surface area contributed by atoms with Gasteiger partial charge in [0.2, 0.25) is 0 Å². The maximum atomic E-state index is 12.6. The van der Waals surface area contributed by atoms with E-state index < -0.39 is 0 Å². The molecule has 2 aromatic rings. The standard InChI is InChI=1S/C19H17NOS2/c1-2-14-8-10-15(11-9-14)12-17-18(21)20(19(22)23-17)13-16-6-4-3-5-7-16/h3-12H,2,13H2,1H3/b17-12-. The Hall–Kier alpha value is -1.91. The molecule has 0 N–H and O–H groups in total. The number of hydrogen-bond acceptors (Lipinski definition) is 3. The Labute approximate surface area is 146 Å². The molecule has 0 saturated carbocycles. The summed E-state index contributed by atoms with van der Waals surface area (Å²) in [5, 5.41) is 0. The molecule has 0 aromatic heterocycles. The molecule has 0 bridgehead atoms. The number of hydrogen-bond donors (Lipinski definition) is 0. The third-order valence-corrected chi connectivity index (χ3v) is 5.12. The number of thioether (sulfide) groups is 1. The number of carbonyl (C=O) groups is 1. The Morgan fingerprint density at radius 1 is 1.04 bits per heavy atom. The number of carbonyl (C=O) groups excluding carboxylic acids is 1. The summed E-state index contributed by atoms with van der Waals surface area (Å²) in [7, 11) is 0. The van der Waals surface area contributed by atoms with Crippen molar-refractivity contribution < 1.29 is 4.79 Å². The van der Waals surface area contributed by atoms with Gasteiger partial charge >= 0.3 is 0 Å². The lowest BCUT2D eigenvalue weighted by Gasteiger charge is -2.14. The molecule has 3 rings (SSSR count). The van der Waals surface area contributed by atoms with E-state index in [-0.39, 0.29) is 5.91 Å². The SMILES string of the molecule is CCc1ccc(/C=C2\SC(=S)N(Cc3ccccc3)C2=O)cc1. The molecule has 0 radical (unpaired) electrons. The third kappa shape index (κ3) is 3.71. The number of aryl methyl sites for hydroxylation is 1. The minimum atomic E-state index is -0.0107. The third-order valence-electron chi connectivity index (χ3n) is 3.74. The Morgan fingerprint density at radius 3 is 2.39 bits per heavy atom. The monoisotopic (exact) mass is 339 g/mol. The smallest absolute Gasteiger partial charge is 0.266 e. The van der Waals surface area contributed by atoms with Crippen molar-refractivity contribution in [1.82, 2.24) is 4.90 Å². The highest BCUT2D eigenvalue weighted by atomic mass is 32.2. The average Bonchev–Trinajstić information content (AvgIpc) is 2.84. The van der Waals surface area contributed by atoms with E-state index in [4.69, 9.17) is 12.2 Å². The van der Waals surface area contributed by atoms with Crippen molar-refractivity contribution in [3.05, 3.63) is 76.2 Å². The van der Waals surface area contributed by atoms with Crippen molar-refractivity contribution in [3.63, 3.8) is 0 Å². The van der Waals surface area contributed by atoms with Gasteiger partial charge in [0.15, 0.2) is 0 Å². The van der Waals surface area contributed by atoms with Crippen LogP contribution in [0.1, 0.15) is 23.6 Å². The van der Waals surface area contributed by atoms with Gasteiger partial charge in [0, 0.05) is 0 Å². The first-order valence-electron chi connectivity index (χ1n) is 7.55. The van der Waals surface area contributed by atoms with Gasteiger partial charge in [-0.05, 0) is 29.2 Å². The van der Waals surface area contributed by atoms with Crippen LogP contribution in [0.2, 0.25) is 0 Å². The zero-order valence-corrected chi connectivity index (χ0v) is 14.5. The van der Waals surface area contributed by atoms with Crippen molar-refractivity contribution in [2.45, 2.75) is 19.9 Å². The first-order valence-corrected chi connectivity index (χ1v) is 8.78. The van der Waals surface area contributed by atoms with E-state index in [0.29, 0.717) is 15.8 Å². The summed E-state index contributed by atoms with van der Waals surface area (Å²) in [5.74, 6) is -0.0107. The van der Waals surface area contributed by atoms with E-state index in [1.165, 1.54) is 17.3 Å². The molecule has 1 aliphatic rings. The van der Waals surface area contributed by atoms with Gasteiger partial charge in [-0.25, -0.2) is 0 Å². The van der Waals surface area contributed by atoms with Crippen LogP contribution in [0.25, 0.3) is 6.08 Å². The predicted octanol–water partition coefficient (Wildman–Crippen LogP) is 4.65. The molecule has 4 heteroatoms. The minimum Gasteiger partial charge on any atom is -0.288 e. The Balaban J connectivity index is 1.78. The lowest BCUT2D eigenvalue weighted by atomic mass is 10.1. The van der Waals surface area contributed by atoms with E-state index in [1.807, 2.05) is 48.5 Å². The normalized spacial score (nSPS) is 16.4. The van der Waals surface area contributed by atoms with Crippen molar-refractivity contribution in [2.75, 3.05) is 0 Å². The highest BCUT2D eigenvalue weighted by molar-refractivity contribution is 8.26. The first-order chi connectivity index (χ1) is 11.2. The van der Waals surface area contributed by atoms with Crippen LogP contribution in [0.4, 0.5) is 0 Å². The first kappa shape index (κ1) is 16.0. The van der Waals surface area contributed by atoms with Crippen LogP contribution >= 0.6 is 24.0 Å². The van der Waals surface area contributed by atoms with Crippen molar-refractivity contribution in [3.8, 4) is 0 Å². The number of benzene rings is 2. The summed E-state index contributed by atoms with van der Waals surface area (Å²) in [6.07, 6.45) is 2.93. The molecule has 0 unspecified atom stereocenters. The molecular formula is C19H17NOS2. The quantitative estimate of drug-likeness (QED) is 0.597. The van der Waals surface area contributed by atoms with Crippen molar-refractivity contribution >= 4 is 40.3 Å².